The monoisotopic (exact) mass is 262 g/mol. The Morgan fingerprint density at radius 2 is 2.00 bits per heavy atom. The van der Waals surface area contributed by atoms with Gasteiger partial charge in [-0.05, 0) is 30.9 Å². The summed E-state index contributed by atoms with van der Waals surface area (Å²) < 4.78 is 5.12. The van der Waals surface area contributed by atoms with E-state index in [9.17, 15) is 4.79 Å². The Morgan fingerprint density at radius 3 is 2.58 bits per heavy atom. The van der Waals surface area contributed by atoms with Gasteiger partial charge in [0.25, 0.3) is 0 Å². The fourth-order valence-electron chi connectivity index (χ4n) is 2.60. The molecule has 1 fully saturated rings. The summed E-state index contributed by atoms with van der Waals surface area (Å²) in [5.74, 6) is 0.918. The lowest BCUT2D eigenvalue weighted by Gasteiger charge is -2.23. The molecular formula is C15H22N2O2. The molecule has 1 aromatic carbocycles. The highest BCUT2D eigenvalue weighted by atomic mass is 16.5. The third kappa shape index (κ3) is 2.67. The molecule has 4 heteroatoms. The summed E-state index contributed by atoms with van der Waals surface area (Å²) in [6, 6.07) is 5.43. The average molecular weight is 262 g/mol. The van der Waals surface area contributed by atoms with Crippen molar-refractivity contribution >= 4 is 17.3 Å². The average Bonchev–Trinajstić information content (AvgIpc) is 2.69. The van der Waals surface area contributed by atoms with Crippen LogP contribution in [0.1, 0.15) is 31.1 Å². The number of benzene rings is 1. The first-order chi connectivity index (χ1) is 9.04. The summed E-state index contributed by atoms with van der Waals surface area (Å²) in [5.41, 5.74) is 8.12. The first kappa shape index (κ1) is 13.7. The van der Waals surface area contributed by atoms with Crippen LogP contribution in [0.4, 0.5) is 11.4 Å². The van der Waals surface area contributed by atoms with E-state index in [1.807, 2.05) is 13.0 Å². The minimum absolute atomic E-state index is 0.294. The summed E-state index contributed by atoms with van der Waals surface area (Å²) >= 11 is 0. The molecule has 2 rings (SSSR count). The second kappa shape index (κ2) is 5.51. The van der Waals surface area contributed by atoms with E-state index >= 15 is 0 Å². The first-order valence-corrected chi connectivity index (χ1v) is 6.85. The summed E-state index contributed by atoms with van der Waals surface area (Å²) in [6.07, 6.45) is 0. The Morgan fingerprint density at radius 1 is 1.37 bits per heavy atom. The van der Waals surface area contributed by atoms with Crippen molar-refractivity contribution in [1.29, 1.82) is 0 Å². The lowest BCUT2D eigenvalue weighted by Crippen LogP contribution is -2.24. The normalized spacial score (nSPS) is 22.6. The number of rotatable bonds is 3. The van der Waals surface area contributed by atoms with Crippen molar-refractivity contribution in [2.45, 2.75) is 20.8 Å². The molecule has 1 aliphatic rings. The molecule has 0 radical (unpaired) electrons. The van der Waals surface area contributed by atoms with Gasteiger partial charge in [-0.1, -0.05) is 19.9 Å². The highest BCUT2D eigenvalue weighted by Gasteiger charge is 2.30. The van der Waals surface area contributed by atoms with Crippen molar-refractivity contribution in [3.63, 3.8) is 0 Å². The molecule has 0 aromatic heterocycles. The fraction of sp³-hybridized carbons (Fsp3) is 0.533. The van der Waals surface area contributed by atoms with Crippen LogP contribution in [0.25, 0.3) is 0 Å². The molecule has 2 N–H and O–H groups in total. The maximum absolute atomic E-state index is 12.0. The molecule has 1 aliphatic heterocycles. The van der Waals surface area contributed by atoms with E-state index in [2.05, 4.69) is 18.7 Å². The van der Waals surface area contributed by atoms with Gasteiger partial charge in [0.05, 0.1) is 23.5 Å². The van der Waals surface area contributed by atoms with Crippen LogP contribution in [0, 0.1) is 11.8 Å². The number of hydrogen-bond acceptors (Lipinski definition) is 4. The first-order valence-electron chi connectivity index (χ1n) is 6.85. The van der Waals surface area contributed by atoms with Gasteiger partial charge < -0.3 is 15.4 Å². The summed E-state index contributed by atoms with van der Waals surface area (Å²) in [6.45, 7) is 8.51. The van der Waals surface area contributed by atoms with Gasteiger partial charge in [-0.3, -0.25) is 0 Å². The van der Waals surface area contributed by atoms with Gasteiger partial charge in [-0.2, -0.15) is 0 Å². The van der Waals surface area contributed by atoms with Crippen molar-refractivity contribution in [3.8, 4) is 0 Å². The van der Waals surface area contributed by atoms with Crippen LogP contribution < -0.4 is 10.6 Å². The molecular weight excluding hydrogens is 240 g/mol. The smallest absolute Gasteiger partial charge is 0.340 e. The maximum atomic E-state index is 12.0. The van der Waals surface area contributed by atoms with Crippen LogP contribution in [-0.4, -0.2) is 25.7 Å². The summed E-state index contributed by atoms with van der Waals surface area (Å²) in [7, 11) is 0. The van der Waals surface area contributed by atoms with E-state index in [0.717, 1.165) is 18.8 Å². The topological polar surface area (TPSA) is 55.6 Å². The SMILES string of the molecule is CCOC(=O)c1cccc(N)c1N1CC(C)C(C)C1. The number of carbonyl (C=O) groups excluding carboxylic acids is 1. The van der Waals surface area contributed by atoms with Gasteiger partial charge in [0.1, 0.15) is 0 Å². The zero-order valence-corrected chi connectivity index (χ0v) is 11.8. The number of nitrogens with two attached hydrogens (primary N) is 1. The van der Waals surface area contributed by atoms with Crippen LogP contribution in [0.2, 0.25) is 0 Å². The second-order valence-electron chi connectivity index (χ2n) is 5.32. The number of hydrogen-bond donors (Lipinski definition) is 1. The predicted molar refractivity (Wildman–Crippen MR) is 77.4 cm³/mol. The molecule has 0 spiro atoms. The molecule has 0 saturated carbocycles. The standard InChI is InChI=1S/C15H22N2O2/c1-4-19-15(18)12-6-5-7-13(16)14(12)17-8-10(2)11(3)9-17/h5-7,10-11H,4,8-9,16H2,1-3H3. The van der Waals surface area contributed by atoms with Crippen molar-refractivity contribution in [2.75, 3.05) is 30.3 Å². The highest BCUT2D eigenvalue weighted by Crippen LogP contribution is 2.34. The molecule has 4 nitrogen and oxygen atoms in total. The van der Waals surface area contributed by atoms with Gasteiger partial charge in [0, 0.05) is 13.1 Å². The molecule has 0 aliphatic carbocycles. The van der Waals surface area contributed by atoms with E-state index < -0.39 is 0 Å². The van der Waals surface area contributed by atoms with Crippen LogP contribution >= 0.6 is 0 Å². The summed E-state index contributed by atoms with van der Waals surface area (Å²) in [4.78, 5) is 14.2. The fourth-order valence-corrected chi connectivity index (χ4v) is 2.60. The number of esters is 1. The lowest BCUT2D eigenvalue weighted by atomic mass is 10.0. The molecule has 0 bridgehead atoms. The number of nitrogen functional groups attached to an aromatic ring is 1. The minimum atomic E-state index is -0.294. The Balaban J connectivity index is 2.36. The van der Waals surface area contributed by atoms with E-state index in [1.54, 1.807) is 12.1 Å². The van der Waals surface area contributed by atoms with Crippen molar-refractivity contribution < 1.29 is 9.53 Å². The van der Waals surface area contributed by atoms with Crippen molar-refractivity contribution in [1.82, 2.24) is 0 Å². The van der Waals surface area contributed by atoms with E-state index in [4.69, 9.17) is 10.5 Å². The zero-order chi connectivity index (χ0) is 14.0. The van der Waals surface area contributed by atoms with E-state index in [1.165, 1.54) is 0 Å². The minimum Gasteiger partial charge on any atom is -0.462 e. The van der Waals surface area contributed by atoms with Gasteiger partial charge >= 0.3 is 5.97 Å². The van der Waals surface area contributed by atoms with E-state index in [-0.39, 0.29) is 5.97 Å². The Bertz CT molecular complexity index is 463. The Hall–Kier alpha value is -1.71. The Kier molecular flexibility index (Phi) is 3.98. The molecule has 19 heavy (non-hydrogen) atoms. The number of carbonyl (C=O) groups is 1. The number of ether oxygens (including phenoxy) is 1. The largest absolute Gasteiger partial charge is 0.462 e. The quantitative estimate of drug-likeness (QED) is 0.672. The molecule has 1 saturated heterocycles. The molecule has 0 amide bonds. The van der Waals surface area contributed by atoms with Crippen LogP contribution in [0.3, 0.4) is 0 Å². The molecule has 1 heterocycles. The maximum Gasteiger partial charge on any atom is 0.340 e. The van der Waals surface area contributed by atoms with Gasteiger partial charge in [-0.15, -0.1) is 0 Å². The number of anilines is 2. The predicted octanol–water partition coefficient (Wildman–Crippen LogP) is 2.54. The van der Waals surface area contributed by atoms with Gasteiger partial charge in [-0.25, -0.2) is 4.79 Å². The third-order valence-corrected chi connectivity index (χ3v) is 3.87. The van der Waals surface area contributed by atoms with Crippen LogP contribution in [0.15, 0.2) is 18.2 Å². The summed E-state index contributed by atoms with van der Waals surface area (Å²) in [5, 5.41) is 0. The highest BCUT2D eigenvalue weighted by molar-refractivity contribution is 5.99. The van der Waals surface area contributed by atoms with Gasteiger partial charge in [0.2, 0.25) is 0 Å². The molecule has 1 aromatic rings. The van der Waals surface area contributed by atoms with Crippen LogP contribution in [0.5, 0.6) is 0 Å². The molecule has 104 valence electrons. The third-order valence-electron chi connectivity index (χ3n) is 3.87. The van der Waals surface area contributed by atoms with Crippen molar-refractivity contribution in [2.24, 2.45) is 11.8 Å². The van der Waals surface area contributed by atoms with Crippen LogP contribution in [-0.2, 0) is 4.74 Å². The van der Waals surface area contributed by atoms with Crippen molar-refractivity contribution in [3.05, 3.63) is 23.8 Å². The Labute approximate surface area is 114 Å². The molecule has 2 unspecified atom stereocenters. The number of para-hydroxylation sites is 1. The van der Waals surface area contributed by atoms with Gasteiger partial charge in [0.15, 0.2) is 0 Å². The molecule has 2 atom stereocenters. The lowest BCUT2D eigenvalue weighted by molar-refractivity contribution is 0.0527. The number of nitrogens with zero attached hydrogens (tertiary/aromatic N) is 1. The van der Waals surface area contributed by atoms with E-state index in [0.29, 0.717) is 29.7 Å². The second-order valence-corrected chi connectivity index (χ2v) is 5.32. The zero-order valence-electron chi connectivity index (χ0n) is 11.8.